The maximum Gasteiger partial charge on any atom is 0.161 e. The minimum Gasteiger partial charge on any atom is -0.335 e. The molecule has 0 bridgehead atoms. The molecule has 0 aliphatic carbocycles. The topological polar surface area (TPSA) is 22.0 Å². The maximum absolute atomic E-state index is 11.4. The van der Waals surface area contributed by atoms with Crippen molar-refractivity contribution in [2.24, 2.45) is 0 Å². The van der Waals surface area contributed by atoms with Gasteiger partial charge in [0.25, 0.3) is 0 Å². The standard InChI is InChI=1S/C13H11NO/c1-3-8-14-9-12(10(2)15)11-6-4-5-7-13(11)14/h1,4-7,9H,8H2,2H3. The third kappa shape index (κ3) is 1.53. The van der Waals surface area contributed by atoms with E-state index in [1.165, 1.54) is 0 Å². The van der Waals surface area contributed by atoms with Crippen molar-refractivity contribution in [3.8, 4) is 12.3 Å². The molecule has 74 valence electrons. The van der Waals surface area contributed by atoms with Crippen LogP contribution >= 0.6 is 0 Å². The summed E-state index contributed by atoms with van der Waals surface area (Å²) in [6.45, 7) is 2.07. The highest BCUT2D eigenvalue weighted by Crippen LogP contribution is 2.21. The van der Waals surface area contributed by atoms with E-state index in [0.29, 0.717) is 6.54 Å². The summed E-state index contributed by atoms with van der Waals surface area (Å²) >= 11 is 0. The lowest BCUT2D eigenvalue weighted by atomic mass is 10.1. The van der Waals surface area contributed by atoms with Gasteiger partial charge in [-0.1, -0.05) is 24.1 Å². The molecule has 1 aromatic carbocycles. The van der Waals surface area contributed by atoms with Crippen LogP contribution in [0.1, 0.15) is 17.3 Å². The van der Waals surface area contributed by atoms with Gasteiger partial charge in [-0.15, -0.1) is 6.42 Å². The molecule has 2 nitrogen and oxygen atoms in total. The zero-order valence-electron chi connectivity index (χ0n) is 8.53. The Kier molecular flexibility index (Phi) is 2.31. The van der Waals surface area contributed by atoms with Crippen molar-refractivity contribution in [2.75, 3.05) is 0 Å². The minimum absolute atomic E-state index is 0.0713. The van der Waals surface area contributed by atoms with Gasteiger partial charge < -0.3 is 4.57 Å². The Balaban J connectivity index is 2.74. The molecule has 1 heterocycles. The van der Waals surface area contributed by atoms with Gasteiger partial charge in [0, 0.05) is 22.7 Å². The molecular weight excluding hydrogens is 186 g/mol. The van der Waals surface area contributed by atoms with E-state index in [-0.39, 0.29) is 5.78 Å². The number of hydrogen-bond donors (Lipinski definition) is 0. The summed E-state index contributed by atoms with van der Waals surface area (Å²) in [7, 11) is 0. The van der Waals surface area contributed by atoms with E-state index in [2.05, 4.69) is 5.92 Å². The molecule has 0 spiro atoms. The van der Waals surface area contributed by atoms with E-state index in [4.69, 9.17) is 6.42 Å². The van der Waals surface area contributed by atoms with Gasteiger partial charge in [-0.2, -0.15) is 0 Å². The Bertz CT molecular complexity index is 557. The van der Waals surface area contributed by atoms with Gasteiger partial charge >= 0.3 is 0 Å². The molecule has 0 amide bonds. The summed E-state index contributed by atoms with van der Waals surface area (Å²) in [6.07, 6.45) is 7.11. The van der Waals surface area contributed by atoms with Gasteiger partial charge in [0.15, 0.2) is 5.78 Å². The van der Waals surface area contributed by atoms with E-state index in [9.17, 15) is 4.79 Å². The lowest BCUT2D eigenvalue weighted by Crippen LogP contribution is -1.93. The number of carbonyl (C=O) groups is 1. The van der Waals surface area contributed by atoms with Crippen LogP contribution in [0.3, 0.4) is 0 Å². The zero-order valence-corrected chi connectivity index (χ0v) is 8.53. The molecule has 1 aromatic heterocycles. The number of para-hydroxylation sites is 1. The number of hydrogen-bond acceptors (Lipinski definition) is 1. The normalized spacial score (nSPS) is 10.1. The predicted molar refractivity (Wildman–Crippen MR) is 60.8 cm³/mol. The van der Waals surface area contributed by atoms with Crippen LogP contribution in [0.25, 0.3) is 10.9 Å². The average molecular weight is 197 g/mol. The molecule has 0 atom stereocenters. The Hall–Kier alpha value is -2.01. The molecule has 0 N–H and O–H groups in total. The van der Waals surface area contributed by atoms with Gasteiger partial charge in [0.1, 0.15) is 0 Å². The summed E-state index contributed by atoms with van der Waals surface area (Å²) in [5, 5.41) is 0.972. The summed E-state index contributed by atoms with van der Waals surface area (Å²) in [5.74, 6) is 2.65. The van der Waals surface area contributed by atoms with Crippen molar-refractivity contribution >= 4 is 16.7 Å². The number of rotatable bonds is 2. The second kappa shape index (κ2) is 3.62. The quantitative estimate of drug-likeness (QED) is 0.535. The fourth-order valence-electron chi connectivity index (χ4n) is 1.76. The minimum atomic E-state index is 0.0713. The highest BCUT2D eigenvalue weighted by Gasteiger charge is 2.10. The first-order chi connectivity index (χ1) is 7.24. The Morgan fingerprint density at radius 2 is 2.20 bits per heavy atom. The van der Waals surface area contributed by atoms with Crippen LogP contribution in [-0.2, 0) is 6.54 Å². The van der Waals surface area contributed by atoms with Gasteiger partial charge in [0.2, 0.25) is 0 Å². The lowest BCUT2D eigenvalue weighted by Gasteiger charge is -1.97. The highest BCUT2D eigenvalue weighted by atomic mass is 16.1. The number of aromatic nitrogens is 1. The second-order valence-electron chi connectivity index (χ2n) is 3.45. The molecule has 0 fully saturated rings. The zero-order chi connectivity index (χ0) is 10.8. The third-order valence-electron chi connectivity index (χ3n) is 2.43. The monoisotopic (exact) mass is 197 g/mol. The molecule has 2 heteroatoms. The van der Waals surface area contributed by atoms with Gasteiger partial charge in [-0.25, -0.2) is 0 Å². The van der Waals surface area contributed by atoms with E-state index >= 15 is 0 Å². The largest absolute Gasteiger partial charge is 0.335 e. The maximum atomic E-state index is 11.4. The molecule has 0 unspecified atom stereocenters. The summed E-state index contributed by atoms with van der Waals surface area (Å²) in [4.78, 5) is 11.4. The van der Waals surface area contributed by atoms with Crippen molar-refractivity contribution in [1.29, 1.82) is 0 Å². The Morgan fingerprint density at radius 3 is 2.87 bits per heavy atom. The van der Waals surface area contributed by atoms with E-state index in [0.717, 1.165) is 16.5 Å². The summed E-state index contributed by atoms with van der Waals surface area (Å²) in [5.41, 5.74) is 1.75. The molecule has 0 aliphatic rings. The van der Waals surface area contributed by atoms with Crippen LogP contribution < -0.4 is 0 Å². The van der Waals surface area contributed by atoms with Crippen molar-refractivity contribution in [1.82, 2.24) is 4.57 Å². The van der Waals surface area contributed by atoms with Crippen LogP contribution in [0.4, 0.5) is 0 Å². The lowest BCUT2D eigenvalue weighted by molar-refractivity contribution is 0.101. The van der Waals surface area contributed by atoms with E-state index in [1.54, 1.807) is 6.92 Å². The molecule has 2 aromatic rings. The van der Waals surface area contributed by atoms with Crippen molar-refractivity contribution in [3.63, 3.8) is 0 Å². The first-order valence-corrected chi connectivity index (χ1v) is 4.76. The summed E-state index contributed by atoms with van der Waals surface area (Å²) < 4.78 is 1.92. The molecule has 0 radical (unpaired) electrons. The summed E-state index contributed by atoms with van der Waals surface area (Å²) in [6, 6.07) is 7.78. The fourth-order valence-corrected chi connectivity index (χ4v) is 1.76. The molecule has 15 heavy (non-hydrogen) atoms. The second-order valence-corrected chi connectivity index (χ2v) is 3.45. The smallest absolute Gasteiger partial charge is 0.161 e. The van der Waals surface area contributed by atoms with E-state index in [1.807, 2.05) is 35.0 Å². The van der Waals surface area contributed by atoms with E-state index < -0.39 is 0 Å². The van der Waals surface area contributed by atoms with Crippen LogP contribution in [0, 0.1) is 12.3 Å². The number of nitrogens with zero attached hydrogens (tertiary/aromatic N) is 1. The molecular formula is C13H11NO. The third-order valence-corrected chi connectivity index (χ3v) is 2.43. The van der Waals surface area contributed by atoms with Crippen LogP contribution in [-0.4, -0.2) is 10.4 Å². The first-order valence-electron chi connectivity index (χ1n) is 4.76. The number of ketones is 1. The number of terminal acetylenes is 1. The molecule has 0 aliphatic heterocycles. The number of benzene rings is 1. The van der Waals surface area contributed by atoms with Crippen LogP contribution in [0.2, 0.25) is 0 Å². The number of Topliss-reactive ketones (excluding diaryl/α,β-unsaturated/α-hetero) is 1. The number of carbonyl (C=O) groups excluding carboxylic acids is 1. The Labute approximate surface area is 88.5 Å². The molecule has 0 saturated carbocycles. The van der Waals surface area contributed by atoms with Crippen molar-refractivity contribution in [2.45, 2.75) is 13.5 Å². The average Bonchev–Trinajstić information content (AvgIpc) is 2.59. The number of fused-ring (bicyclic) bond motifs is 1. The first kappa shape index (κ1) is 9.54. The van der Waals surface area contributed by atoms with Gasteiger partial charge in [0.05, 0.1) is 6.54 Å². The highest BCUT2D eigenvalue weighted by molar-refractivity contribution is 6.06. The SMILES string of the molecule is C#CCn1cc(C(C)=O)c2ccccc21. The predicted octanol–water partition coefficient (Wildman–Crippen LogP) is 2.48. The van der Waals surface area contributed by atoms with Crippen molar-refractivity contribution < 1.29 is 4.79 Å². The van der Waals surface area contributed by atoms with Crippen LogP contribution in [0.5, 0.6) is 0 Å². The Morgan fingerprint density at radius 1 is 1.47 bits per heavy atom. The molecule has 2 rings (SSSR count). The van der Waals surface area contributed by atoms with Crippen LogP contribution in [0.15, 0.2) is 30.5 Å². The molecule has 0 saturated heterocycles. The fraction of sp³-hybridized carbons (Fsp3) is 0.154. The van der Waals surface area contributed by atoms with Gasteiger partial charge in [-0.05, 0) is 13.0 Å². The van der Waals surface area contributed by atoms with Gasteiger partial charge in [-0.3, -0.25) is 4.79 Å². The van der Waals surface area contributed by atoms with Crippen molar-refractivity contribution in [3.05, 3.63) is 36.0 Å².